The molecule has 0 radical (unpaired) electrons. The van der Waals surface area contributed by atoms with Gasteiger partial charge in [0.2, 0.25) is 5.88 Å². The van der Waals surface area contributed by atoms with E-state index in [0.29, 0.717) is 28.0 Å². The number of carbonyl (C=O) groups is 1. The summed E-state index contributed by atoms with van der Waals surface area (Å²) in [6.07, 6.45) is 2.57. The fraction of sp³-hybridized carbons (Fsp3) is 0.143. The van der Waals surface area contributed by atoms with E-state index in [1.807, 2.05) is 0 Å². The first-order chi connectivity index (χ1) is 14.2. The maximum atomic E-state index is 14.1. The number of carboxylic acids is 1. The molecule has 0 unspecified atom stereocenters. The summed E-state index contributed by atoms with van der Waals surface area (Å²) < 4.78 is 28.9. The number of hydrogen-bond acceptors (Lipinski definition) is 4. The summed E-state index contributed by atoms with van der Waals surface area (Å²) in [5, 5.41) is 30.9. The predicted octanol–water partition coefficient (Wildman–Crippen LogP) is 4.29. The fourth-order valence-electron chi connectivity index (χ4n) is 3.63. The van der Waals surface area contributed by atoms with E-state index < -0.39 is 17.6 Å². The van der Waals surface area contributed by atoms with Crippen molar-refractivity contribution in [2.45, 2.75) is 12.8 Å². The van der Waals surface area contributed by atoms with Gasteiger partial charge in [0.15, 0.2) is 5.75 Å². The lowest BCUT2D eigenvalue weighted by atomic mass is 9.96. The van der Waals surface area contributed by atoms with Crippen LogP contribution in [-0.2, 0) is 24.7 Å². The molecule has 0 aliphatic heterocycles. The van der Waals surface area contributed by atoms with Gasteiger partial charge in [-0.1, -0.05) is 11.6 Å². The van der Waals surface area contributed by atoms with Crippen molar-refractivity contribution in [1.82, 2.24) is 9.55 Å². The zero-order valence-corrected chi connectivity index (χ0v) is 16.3. The lowest BCUT2D eigenvalue weighted by molar-refractivity contribution is -0.136. The van der Waals surface area contributed by atoms with Gasteiger partial charge in [-0.3, -0.25) is 9.78 Å². The highest BCUT2D eigenvalue weighted by molar-refractivity contribution is 6.30. The molecule has 3 N–H and O–H groups in total. The molecule has 0 fully saturated rings. The number of phenolic OH excluding ortho intramolecular Hbond substituents is 1. The summed E-state index contributed by atoms with van der Waals surface area (Å²) in [5.41, 5.74) is 1.12. The highest BCUT2D eigenvalue weighted by Gasteiger charge is 2.22. The van der Waals surface area contributed by atoms with Crippen molar-refractivity contribution >= 4 is 39.2 Å². The second-order valence-corrected chi connectivity index (χ2v) is 7.43. The Balaban J connectivity index is 1.95. The highest BCUT2D eigenvalue weighted by atomic mass is 35.5. The van der Waals surface area contributed by atoms with Gasteiger partial charge < -0.3 is 19.9 Å². The van der Waals surface area contributed by atoms with Gasteiger partial charge >= 0.3 is 5.97 Å². The highest BCUT2D eigenvalue weighted by Crippen LogP contribution is 2.42. The normalized spacial score (nSPS) is 11.5. The Kier molecular flexibility index (Phi) is 4.74. The molecule has 0 atom stereocenters. The van der Waals surface area contributed by atoms with E-state index in [0.717, 1.165) is 0 Å². The van der Waals surface area contributed by atoms with Crippen molar-refractivity contribution in [2.75, 3.05) is 0 Å². The molecule has 9 heteroatoms. The van der Waals surface area contributed by atoms with E-state index in [-0.39, 0.29) is 46.0 Å². The molecule has 0 aliphatic carbocycles. The average molecular weight is 433 g/mol. The van der Waals surface area contributed by atoms with E-state index in [1.165, 1.54) is 23.0 Å². The number of aliphatic carboxylic acids is 1. The predicted molar refractivity (Wildman–Crippen MR) is 107 cm³/mol. The van der Waals surface area contributed by atoms with Crippen LogP contribution in [0, 0.1) is 11.6 Å². The molecule has 6 nitrogen and oxygen atoms in total. The number of benzene rings is 2. The van der Waals surface area contributed by atoms with Gasteiger partial charge in [-0.2, -0.15) is 0 Å². The smallest absolute Gasteiger partial charge is 0.307 e. The Morgan fingerprint density at radius 3 is 2.60 bits per heavy atom. The van der Waals surface area contributed by atoms with Crippen LogP contribution < -0.4 is 0 Å². The summed E-state index contributed by atoms with van der Waals surface area (Å²) in [7, 11) is 1.56. The van der Waals surface area contributed by atoms with Crippen LogP contribution in [0.2, 0.25) is 5.02 Å². The molecular formula is C21H15ClF2N2O4. The molecular weight excluding hydrogens is 418 g/mol. The lowest BCUT2D eigenvalue weighted by Crippen LogP contribution is -2.03. The number of nitrogens with zero attached hydrogens (tertiary/aromatic N) is 2. The van der Waals surface area contributed by atoms with Crippen molar-refractivity contribution < 1.29 is 28.9 Å². The van der Waals surface area contributed by atoms with Gasteiger partial charge in [0.1, 0.15) is 17.2 Å². The number of rotatable bonds is 4. The first-order valence-electron chi connectivity index (χ1n) is 8.83. The SMILES string of the molecule is Cn1cc2c(CC(=O)O)c3cc(Cc4cc(Cl)c(F)cc4F)cnc3c(O)c2c1O. The minimum Gasteiger partial charge on any atom is -0.505 e. The summed E-state index contributed by atoms with van der Waals surface area (Å²) in [6, 6.07) is 3.48. The van der Waals surface area contributed by atoms with Crippen molar-refractivity contribution in [1.29, 1.82) is 0 Å². The van der Waals surface area contributed by atoms with E-state index in [9.17, 15) is 28.9 Å². The average Bonchev–Trinajstić information content (AvgIpc) is 2.98. The van der Waals surface area contributed by atoms with Gasteiger partial charge in [0.05, 0.1) is 16.8 Å². The third kappa shape index (κ3) is 3.19. The number of phenols is 1. The van der Waals surface area contributed by atoms with E-state index >= 15 is 0 Å². The third-order valence-corrected chi connectivity index (χ3v) is 5.31. The van der Waals surface area contributed by atoms with Crippen LogP contribution in [0.15, 0.2) is 30.6 Å². The van der Waals surface area contributed by atoms with E-state index in [2.05, 4.69) is 4.98 Å². The second-order valence-electron chi connectivity index (χ2n) is 7.02. The van der Waals surface area contributed by atoms with Crippen LogP contribution in [0.4, 0.5) is 8.78 Å². The monoisotopic (exact) mass is 432 g/mol. The molecule has 2 heterocycles. The molecule has 2 aromatic carbocycles. The Bertz CT molecular complexity index is 1350. The first-order valence-corrected chi connectivity index (χ1v) is 9.20. The molecule has 0 saturated carbocycles. The van der Waals surface area contributed by atoms with Crippen molar-refractivity contribution in [2.24, 2.45) is 7.05 Å². The van der Waals surface area contributed by atoms with Gasteiger partial charge in [-0.25, -0.2) is 8.78 Å². The summed E-state index contributed by atoms with van der Waals surface area (Å²) in [6.45, 7) is 0. The van der Waals surface area contributed by atoms with Gasteiger partial charge in [0.25, 0.3) is 0 Å². The molecule has 4 rings (SSSR count). The van der Waals surface area contributed by atoms with Crippen LogP contribution in [0.25, 0.3) is 21.7 Å². The summed E-state index contributed by atoms with van der Waals surface area (Å²) in [4.78, 5) is 15.7. The van der Waals surface area contributed by atoms with Crippen LogP contribution >= 0.6 is 11.6 Å². The molecule has 0 amide bonds. The third-order valence-electron chi connectivity index (χ3n) is 5.02. The quantitative estimate of drug-likeness (QED) is 0.418. The maximum absolute atomic E-state index is 14.1. The van der Waals surface area contributed by atoms with E-state index in [4.69, 9.17) is 11.6 Å². The van der Waals surface area contributed by atoms with Crippen molar-refractivity contribution in [3.05, 3.63) is 63.9 Å². The minimum absolute atomic E-state index is 0.0279. The standard InChI is InChI=1S/C21H15ClF2N2O4/c1-26-8-13-11(5-17(27)28)12-3-9(2-10-4-14(22)16(24)6-15(10)23)7-25-19(12)20(29)18(13)21(26)30/h3-4,6-8,29-30H,2,5H2,1H3,(H,27,28). The van der Waals surface area contributed by atoms with Crippen LogP contribution in [0.5, 0.6) is 11.6 Å². The molecule has 4 aromatic rings. The Hall–Kier alpha value is -3.39. The number of pyridine rings is 1. The number of hydrogen-bond donors (Lipinski definition) is 3. The zero-order chi connectivity index (χ0) is 21.7. The number of aryl methyl sites for hydroxylation is 1. The molecule has 0 bridgehead atoms. The summed E-state index contributed by atoms with van der Waals surface area (Å²) >= 11 is 5.75. The van der Waals surface area contributed by atoms with Crippen LogP contribution in [-0.4, -0.2) is 30.8 Å². The molecule has 0 spiro atoms. The van der Waals surface area contributed by atoms with Crippen molar-refractivity contribution in [3.63, 3.8) is 0 Å². The van der Waals surface area contributed by atoms with Crippen LogP contribution in [0.1, 0.15) is 16.7 Å². The Morgan fingerprint density at radius 1 is 1.17 bits per heavy atom. The van der Waals surface area contributed by atoms with Crippen molar-refractivity contribution in [3.8, 4) is 11.6 Å². The number of carboxylic acid groups (broad SMARTS) is 1. The van der Waals surface area contributed by atoms with E-state index in [1.54, 1.807) is 13.1 Å². The second kappa shape index (κ2) is 7.14. The summed E-state index contributed by atoms with van der Waals surface area (Å²) in [5.74, 6) is -3.24. The maximum Gasteiger partial charge on any atom is 0.307 e. The largest absolute Gasteiger partial charge is 0.505 e. The molecule has 0 saturated heterocycles. The lowest BCUT2D eigenvalue weighted by Gasteiger charge is -2.11. The number of halogens is 3. The zero-order valence-electron chi connectivity index (χ0n) is 15.6. The van der Waals surface area contributed by atoms with Crippen LogP contribution in [0.3, 0.4) is 0 Å². The topological polar surface area (TPSA) is 95.6 Å². The van der Waals surface area contributed by atoms with Gasteiger partial charge in [-0.15, -0.1) is 0 Å². The fourth-order valence-corrected chi connectivity index (χ4v) is 3.81. The molecule has 154 valence electrons. The Labute approximate surface area is 173 Å². The Morgan fingerprint density at radius 2 is 1.90 bits per heavy atom. The molecule has 0 aliphatic rings. The number of aromatic hydroxyl groups is 2. The first kappa shape index (κ1) is 19.9. The number of fused-ring (bicyclic) bond motifs is 2. The molecule has 30 heavy (non-hydrogen) atoms. The van der Waals surface area contributed by atoms with Gasteiger partial charge in [0, 0.05) is 42.7 Å². The minimum atomic E-state index is -1.10. The molecule has 2 aromatic heterocycles. The number of aromatic nitrogens is 2. The van der Waals surface area contributed by atoms with Gasteiger partial charge in [-0.05, 0) is 28.8 Å².